The molecule has 144 valence electrons. The molecular formula is C24H26N2O2. The van der Waals surface area contributed by atoms with Gasteiger partial charge in [-0.1, -0.05) is 36.4 Å². The van der Waals surface area contributed by atoms with Gasteiger partial charge in [0.2, 0.25) is 5.91 Å². The van der Waals surface area contributed by atoms with Crippen molar-refractivity contribution in [1.29, 1.82) is 0 Å². The van der Waals surface area contributed by atoms with Crippen LogP contribution in [0.3, 0.4) is 0 Å². The highest BCUT2D eigenvalue weighted by molar-refractivity contribution is 5.92. The second-order valence-corrected chi connectivity index (χ2v) is 7.19. The van der Waals surface area contributed by atoms with E-state index < -0.39 is 0 Å². The number of aromatic amines is 1. The molecule has 1 fully saturated rings. The first kappa shape index (κ1) is 18.4. The van der Waals surface area contributed by atoms with Gasteiger partial charge in [0.25, 0.3) is 0 Å². The average Bonchev–Trinajstić information content (AvgIpc) is 3.17. The summed E-state index contributed by atoms with van der Waals surface area (Å²) in [6.07, 6.45) is 7.66. The minimum atomic E-state index is 0.0729. The third-order valence-electron chi connectivity index (χ3n) is 5.49. The molecule has 4 heteroatoms. The summed E-state index contributed by atoms with van der Waals surface area (Å²) in [6, 6.07) is 16.2. The van der Waals surface area contributed by atoms with Crippen molar-refractivity contribution in [2.75, 3.05) is 19.7 Å². The van der Waals surface area contributed by atoms with Crippen molar-refractivity contribution in [3.05, 3.63) is 71.9 Å². The van der Waals surface area contributed by atoms with Crippen molar-refractivity contribution in [3.8, 4) is 5.75 Å². The number of benzene rings is 2. The predicted octanol–water partition coefficient (Wildman–Crippen LogP) is 4.99. The van der Waals surface area contributed by atoms with Gasteiger partial charge in [-0.2, -0.15) is 0 Å². The Balaban J connectivity index is 1.39. The Labute approximate surface area is 165 Å². The Kier molecular flexibility index (Phi) is 5.47. The maximum absolute atomic E-state index is 12.6. The number of fused-ring (bicyclic) bond motifs is 1. The molecule has 0 spiro atoms. The third-order valence-corrected chi connectivity index (χ3v) is 5.49. The molecule has 1 saturated heterocycles. The summed E-state index contributed by atoms with van der Waals surface area (Å²) in [5.74, 6) is 1.39. The largest absolute Gasteiger partial charge is 0.493 e. The van der Waals surface area contributed by atoms with Crippen LogP contribution in [0, 0.1) is 0 Å². The van der Waals surface area contributed by atoms with Crippen molar-refractivity contribution in [2.45, 2.75) is 25.7 Å². The van der Waals surface area contributed by atoms with Crippen LogP contribution in [-0.4, -0.2) is 35.5 Å². The molecule has 4 nitrogen and oxygen atoms in total. The molecule has 0 unspecified atom stereocenters. The normalized spacial score (nSPS) is 15.4. The van der Waals surface area contributed by atoms with Crippen LogP contribution in [0.4, 0.5) is 0 Å². The summed E-state index contributed by atoms with van der Waals surface area (Å²) >= 11 is 0. The number of ether oxygens (including phenoxy) is 1. The molecule has 2 aromatic carbocycles. The number of carbonyl (C=O) groups excluding carboxylic acids is 1. The quantitative estimate of drug-likeness (QED) is 0.640. The van der Waals surface area contributed by atoms with Crippen LogP contribution < -0.4 is 4.74 Å². The smallest absolute Gasteiger partial charge is 0.246 e. The molecule has 0 aliphatic carbocycles. The highest BCUT2D eigenvalue weighted by atomic mass is 16.5. The first-order valence-corrected chi connectivity index (χ1v) is 10.0. The number of nitrogens with one attached hydrogen (secondary N) is 1. The Hall–Kier alpha value is -3.01. The number of rotatable bonds is 5. The summed E-state index contributed by atoms with van der Waals surface area (Å²) < 4.78 is 5.63. The van der Waals surface area contributed by atoms with Crippen LogP contribution in [0.5, 0.6) is 5.75 Å². The summed E-state index contributed by atoms with van der Waals surface area (Å²) in [6.45, 7) is 4.16. The zero-order chi connectivity index (χ0) is 19.3. The molecule has 0 radical (unpaired) electrons. The number of H-pyrrole nitrogens is 1. The number of amides is 1. The fraction of sp³-hybridized carbons (Fsp3) is 0.292. The highest BCUT2D eigenvalue weighted by Crippen LogP contribution is 2.33. The van der Waals surface area contributed by atoms with Gasteiger partial charge in [-0.05, 0) is 49.5 Å². The Morgan fingerprint density at radius 2 is 1.89 bits per heavy atom. The van der Waals surface area contributed by atoms with Crippen molar-refractivity contribution >= 4 is 22.9 Å². The molecule has 1 aliphatic heterocycles. The van der Waals surface area contributed by atoms with E-state index in [1.807, 2.05) is 42.2 Å². The number of para-hydroxylation sites is 2. The first-order valence-electron chi connectivity index (χ1n) is 10.0. The molecule has 3 aromatic rings. The molecule has 0 bridgehead atoms. The second-order valence-electron chi connectivity index (χ2n) is 7.19. The second kappa shape index (κ2) is 8.34. The average molecular weight is 374 g/mol. The lowest BCUT2D eigenvalue weighted by atomic mass is 9.89. The van der Waals surface area contributed by atoms with Crippen molar-refractivity contribution in [3.63, 3.8) is 0 Å². The maximum atomic E-state index is 12.6. The van der Waals surface area contributed by atoms with E-state index in [0.717, 1.165) is 37.2 Å². The van der Waals surface area contributed by atoms with E-state index in [1.54, 1.807) is 6.08 Å². The van der Waals surface area contributed by atoms with Gasteiger partial charge in [0.05, 0.1) is 6.61 Å². The van der Waals surface area contributed by atoms with Crippen molar-refractivity contribution < 1.29 is 9.53 Å². The topological polar surface area (TPSA) is 45.3 Å². The monoisotopic (exact) mass is 374 g/mol. The molecule has 0 saturated carbocycles. The van der Waals surface area contributed by atoms with Crippen LogP contribution >= 0.6 is 0 Å². The van der Waals surface area contributed by atoms with Crippen LogP contribution in [0.2, 0.25) is 0 Å². The summed E-state index contributed by atoms with van der Waals surface area (Å²) in [5.41, 5.74) is 3.50. The molecule has 2 heterocycles. The van der Waals surface area contributed by atoms with E-state index in [4.69, 9.17) is 4.74 Å². The number of piperidine rings is 1. The maximum Gasteiger partial charge on any atom is 0.246 e. The van der Waals surface area contributed by atoms with Crippen LogP contribution in [-0.2, 0) is 4.79 Å². The van der Waals surface area contributed by atoms with Gasteiger partial charge in [-0.25, -0.2) is 0 Å². The molecule has 1 aromatic heterocycles. The molecule has 28 heavy (non-hydrogen) atoms. The Morgan fingerprint density at radius 3 is 2.71 bits per heavy atom. The van der Waals surface area contributed by atoms with Gasteiger partial charge in [0, 0.05) is 41.8 Å². The van der Waals surface area contributed by atoms with Crippen LogP contribution in [0.1, 0.15) is 36.8 Å². The van der Waals surface area contributed by atoms with E-state index in [9.17, 15) is 4.79 Å². The van der Waals surface area contributed by atoms with Gasteiger partial charge in [-0.15, -0.1) is 0 Å². The van der Waals surface area contributed by atoms with Gasteiger partial charge in [0.1, 0.15) is 5.75 Å². The van der Waals surface area contributed by atoms with Gasteiger partial charge < -0.3 is 14.6 Å². The lowest BCUT2D eigenvalue weighted by Crippen LogP contribution is -2.36. The zero-order valence-corrected chi connectivity index (χ0v) is 16.2. The summed E-state index contributed by atoms with van der Waals surface area (Å²) in [5, 5.41) is 1.31. The summed E-state index contributed by atoms with van der Waals surface area (Å²) in [4.78, 5) is 18.0. The van der Waals surface area contributed by atoms with Gasteiger partial charge >= 0.3 is 0 Å². The van der Waals surface area contributed by atoms with Gasteiger partial charge in [0.15, 0.2) is 0 Å². The zero-order valence-electron chi connectivity index (χ0n) is 16.2. The van der Waals surface area contributed by atoms with E-state index in [-0.39, 0.29) is 5.91 Å². The summed E-state index contributed by atoms with van der Waals surface area (Å²) in [7, 11) is 0. The van der Waals surface area contributed by atoms with Crippen molar-refractivity contribution in [1.82, 2.24) is 9.88 Å². The molecule has 4 rings (SSSR count). The molecule has 1 aliphatic rings. The molecule has 1 N–H and O–H groups in total. The predicted molar refractivity (Wildman–Crippen MR) is 113 cm³/mol. The fourth-order valence-corrected chi connectivity index (χ4v) is 4.01. The van der Waals surface area contributed by atoms with E-state index in [1.165, 1.54) is 16.5 Å². The number of carbonyl (C=O) groups is 1. The highest BCUT2D eigenvalue weighted by Gasteiger charge is 2.24. The minimum absolute atomic E-state index is 0.0729. The minimum Gasteiger partial charge on any atom is -0.493 e. The molecule has 1 amide bonds. The lowest BCUT2D eigenvalue weighted by Gasteiger charge is -2.31. The van der Waals surface area contributed by atoms with E-state index in [0.29, 0.717) is 12.5 Å². The Bertz CT molecular complexity index is 981. The SMILES string of the molecule is CCOc1ccccc1/C=C/C(=O)N1CCC(c2c[nH]c3ccccc23)CC1. The van der Waals surface area contributed by atoms with Gasteiger partial charge in [-0.3, -0.25) is 4.79 Å². The van der Waals surface area contributed by atoms with E-state index >= 15 is 0 Å². The van der Waals surface area contributed by atoms with Crippen molar-refractivity contribution in [2.24, 2.45) is 0 Å². The Morgan fingerprint density at radius 1 is 1.14 bits per heavy atom. The molecule has 0 atom stereocenters. The number of aromatic nitrogens is 1. The number of likely N-dealkylation sites (tertiary alicyclic amines) is 1. The third kappa shape index (κ3) is 3.81. The fourth-order valence-electron chi connectivity index (χ4n) is 4.01. The molecular weight excluding hydrogens is 348 g/mol. The van der Waals surface area contributed by atoms with Crippen LogP contribution in [0.15, 0.2) is 60.8 Å². The number of nitrogens with zero attached hydrogens (tertiary/aromatic N) is 1. The van der Waals surface area contributed by atoms with Crippen LogP contribution in [0.25, 0.3) is 17.0 Å². The number of hydrogen-bond acceptors (Lipinski definition) is 2. The first-order chi connectivity index (χ1) is 13.8. The standard InChI is InChI=1S/C24H26N2O2/c1-2-28-23-10-6-3-7-19(23)11-12-24(27)26-15-13-18(14-16-26)21-17-25-22-9-5-4-8-20(21)22/h3-12,17-18,25H,2,13-16H2,1H3/b12-11+. The lowest BCUT2D eigenvalue weighted by molar-refractivity contribution is -0.126. The number of hydrogen-bond donors (Lipinski definition) is 1. The van der Waals surface area contributed by atoms with E-state index in [2.05, 4.69) is 35.4 Å².